The number of carbonyl (C=O) groups excluding carboxylic acids is 2. The van der Waals surface area contributed by atoms with E-state index in [1.165, 1.54) is 0 Å². The highest BCUT2D eigenvalue weighted by Crippen LogP contribution is 2.71. The van der Waals surface area contributed by atoms with Gasteiger partial charge in [0.15, 0.2) is 5.79 Å². The summed E-state index contributed by atoms with van der Waals surface area (Å²) in [6.45, 7) is 14.6. The van der Waals surface area contributed by atoms with E-state index >= 15 is 17.6 Å². The van der Waals surface area contributed by atoms with Crippen molar-refractivity contribution in [3.05, 3.63) is 0 Å². The van der Waals surface area contributed by atoms with Crippen LogP contribution in [0.4, 0.5) is 26.3 Å². The third kappa shape index (κ3) is 8.71. The average Bonchev–Trinajstić information content (AvgIpc) is 4.09. The minimum atomic E-state index is -2.69. The first-order valence-electron chi connectivity index (χ1n) is 30.0. The molecule has 13 aliphatic rings. The SMILES string of the molecule is CC(=O)[C@H]1CC[C@H]2[C@@H]3CC(F)(F)C4C[C@](C)(O)CC[C@@H]4[C@H]3CC[C@]12C.C[C@@]1(O)CC[C@H]2C(C1)C(F)(F)C[C@@H]1[C@@H]2CC[C@@]2(C)[C@H]1CCC21OCCO1.C[C@@]1(O)CC[C@H]2C(C1)C(F)(F)C[C@@H]1[C@@H]2CC[C@]2(C)C(=O)CC[C@@H]12. The summed E-state index contributed by atoms with van der Waals surface area (Å²) < 4.78 is 103. The molecule has 0 bridgehead atoms. The lowest BCUT2D eigenvalue weighted by atomic mass is 9.48. The molecule has 0 aromatic carbocycles. The molecule has 12 saturated carbocycles. The summed E-state index contributed by atoms with van der Waals surface area (Å²) in [4.78, 5) is 24.4. The van der Waals surface area contributed by atoms with Crippen LogP contribution < -0.4 is 0 Å². The number of ketones is 2. The van der Waals surface area contributed by atoms with Gasteiger partial charge in [-0.2, -0.15) is 0 Å². The smallest absolute Gasteiger partial charge is 0.251 e. The van der Waals surface area contributed by atoms with Crippen LogP contribution >= 0.6 is 0 Å². The van der Waals surface area contributed by atoms with Crippen LogP contribution in [0, 0.1) is 111 Å². The number of hydrogen-bond donors (Lipinski definition) is 3. The number of carbonyl (C=O) groups is 2. The highest BCUT2D eigenvalue weighted by atomic mass is 19.3. The van der Waals surface area contributed by atoms with E-state index in [0.29, 0.717) is 68.9 Å². The van der Waals surface area contributed by atoms with Crippen molar-refractivity contribution >= 4 is 11.6 Å². The first-order valence-corrected chi connectivity index (χ1v) is 30.0. The Morgan fingerprint density at radius 1 is 0.446 bits per heavy atom. The van der Waals surface area contributed by atoms with Crippen LogP contribution in [0.3, 0.4) is 0 Å². The molecule has 0 aromatic heterocycles. The first kappa shape index (κ1) is 54.7. The van der Waals surface area contributed by atoms with Gasteiger partial charge in [0.2, 0.25) is 0 Å². The fraction of sp³-hybridized carbons (Fsp3) is 0.967. The van der Waals surface area contributed by atoms with Gasteiger partial charge in [0.25, 0.3) is 17.8 Å². The van der Waals surface area contributed by atoms with Crippen LogP contribution in [0.25, 0.3) is 0 Å². The average molecular weight is 1050 g/mol. The number of fused-ring (bicyclic) bond motifs is 16. The van der Waals surface area contributed by atoms with E-state index in [2.05, 4.69) is 13.8 Å². The van der Waals surface area contributed by atoms with E-state index in [1.54, 1.807) is 27.7 Å². The predicted octanol–water partition coefficient (Wildman–Crippen LogP) is 13.4. The molecule has 0 radical (unpaired) electrons. The van der Waals surface area contributed by atoms with Gasteiger partial charge in [-0.05, 0) is 226 Å². The Kier molecular flexibility index (Phi) is 13.4. The maximum atomic E-state index is 15.2. The van der Waals surface area contributed by atoms with Gasteiger partial charge in [-0.15, -0.1) is 0 Å². The fourth-order valence-corrected chi connectivity index (χ4v) is 22.3. The number of aliphatic hydroxyl groups is 3. The monoisotopic (exact) mass is 1050 g/mol. The number of alkyl halides is 6. The van der Waals surface area contributed by atoms with Crippen molar-refractivity contribution in [2.75, 3.05) is 13.2 Å². The molecule has 7 nitrogen and oxygen atoms in total. The van der Waals surface area contributed by atoms with Crippen LogP contribution in [0.2, 0.25) is 0 Å². The molecule has 13 rings (SSSR count). The lowest BCUT2D eigenvalue weighted by Crippen LogP contribution is -2.59. The highest BCUT2D eigenvalue weighted by Gasteiger charge is 2.70. The largest absolute Gasteiger partial charge is 0.390 e. The molecule has 1 aliphatic heterocycles. The minimum Gasteiger partial charge on any atom is -0.390 e. The van der Waals surface area contributed by atoms with Crippen LogP contribution in [0.15, 0.2) is 0 Å². The zero-order valence-electron chi connectivity index (χ0n) is 45.9. The first-order chi connectivity index (χ1) is 34.4. The van der Waals surface area contributed by atoms with E-state index in [4.69, 9.17) is 9.47 Å². The van der Waals surface area contributed by atoms with E-state index < -0.39 is 58.1 Å². The third-order valence-corrected chi connectivity index (χ3v) is 25.9. The Hall–Kier alpha value is -1.28. The van der Waals surface area contributed by atoms with Crippen LogP contribution in [0.1, 0.15) is 203 Å². The number of halogens is 6. The molecule has 3 N–H and O–H groups in total. The fourth-order valence-electron chi connectivity index (χ4n) is 22.3. The molecule has 3 unspecified atom stereocenters. The molecule has 1 heterocycles. The van der Waals surface area contributed by atoms with E-state index in [9.17, 15) is 33.7 Å². The summed E-state index contributed by atoms with van der Waals surface area (Å²) in [7, 11) is 0. The second-order valence-electron chi connectivity index (χ2n) is 29.9. The summed E-state index contributed by atoms with van der Waals surface area (Å²) >= 11 is 0. The maximum absolute atomic E-state index is 15.2. The van der Waals surface area contributed by atoms with Crippen LogP contribution in [-0.4, -0.2) is 80.5 Å². The van der Waals surface area contributed by atoms with Crippen LogP contribution in [0.5, 0.6) is 0 Å². The van der Waals surface area contributed by atoms with Crippen molar-refractivity contribution in [1.82, 2.24) is 0 Å². The number of rotatable bonds is 1. The highest BCUT2D eigenvalue weighted by molar-refractivity contribution is 5.87. The van der Waals surface area contributed by atoms with Crippen LogP contribution in [-0.2, 0) is 19.1 Å². The Morgan fingerprint density at radius 3 is 1.34 bits per heavy atom. The molecule has 22 atom stereocenters. The molecule has 13 heteroatoms. The van der Waals surface area contributed by atoms with E-state index in [-0.39, 0.29) is 120 Å². The Labute approximate surface area is 437 Å². The summed E-state index contributed by atoms with van der Waals surface area (Å²) in [5.74, 6) is -7.87. The zero-order valence-corrected chi connectivity index (χ0v) is 45.9. The van der Waals surface area contributed by atoms with E-state index in [0.717, 1.165) is 83.5 Å². The molecule has 13 fully saturated rings. The number of hydrogen-bond acceptors (Lipinski definition) is 7. The molecule has 1 spiro atoms. The van der Waals surface area contributed by atoms with Crippen molar-refractivity contribution in [1.29, 1.82) is 0 Å². The summed E-state index contributed by atoms with van der Waals surface area (Å²) in [5.41, 5.74) is -3.35. The Bertz CT molecular complexity index is 2160. The molecule has 420 valence electrons. The van der Waals surface area contributed by atoms with Crippen molar-refractivity contribution in [3.63, 3.8) is 0 Å². The molecule has 74 heavy (non-hydrogen) atoms. The molecule has 0 amide bonds. The topological polar surface area (TPSA) is 113 Å². The van der Waals surface area contributed by atoms with Crippen molar-refractivity contribution in [2.24, 2.45) is 111 Å². The summed E-state index contributed by atoms with van der Waals surface area (Å²) in [5, 5.41) is 31.1. The van der Waals surface area contributed by atoms with Gasteiger partial charge in [-0.3, -0.25) is 9.59 Å². The van der Waals surface area contributed by atoms with Gasteiger partial charge in [0.05, 0.1) is 30.0 Å². The lowest BCUT2D eigenvalue weighted by Gasteiger charge is -2.59. The third-order valence-electron chi connectivity index (χ3n) is 25.9. The Balaban J connectivity index is 0.000000119. The minimum absolute atomic E-state index is 0.000464. The second kappa shape index (κ2) is 18.1. The predicted molar refractivity (Wildman–Crippen MR) is 268 cm³/mol. The molecule has 0 aromatic rings. The lowest BCUT2D eigenvalue weighted by molar-refractivity contribution is -0.259. The zero-order chi connectivity index (χ0) is 53.2. The number of Topliss-reactive ketones (excluding diaryl/α,β-unsaturated/α-hetero) is 2. The quantitative estimate of drug-likeness (QED) is 0.224. The molecule has 1 saturated heterocycles. The van der Waals surface area contributed by atoms with Gasteiger partial charge in [-0.25, -0.2) is 26.3 Å². The Morgan fingerprint density at radius 2 is 0.865 bits per heavy atom. The van der Waals surface area contributed by atoms with Gasteiger partial charge in [-0.1, -0.05) is 20.8 Å². The normalized spacial score (nSPS) is 54.6. The summed E-state index contributed by atoms with van der Waals surface area (Å²) in [6, 6.07) is 0. The standard InChI is InChI=1S/C21H32F2O3.C21H32F2O2.C19H28F2O2/c1-18(24)6-3-14-13-4-7-19(2)16(5-8-21(19)25-9-10-26-21)15(13)11-20(22,23)17(14)12-18;1-12(24)16-4-5-17-15-10-21(22,23)18-11-19(2,25)8-6-14(18)13(15)7-9-20(16,17)3;1-17(23)7-5-12-11-6-8-18(2)14(3-4-16(18)22)13(11)9-19(20,21)15(12)10-17/h13-17,24H,3-12H2,1-2H3;13-18,25H,4-11H2,1-3H3;11-15,23H,3-10H2,1-2H3/t13-,14-,15-,16+,17?,18-,19+;13-,14-,15-,16-,17+,18?,19-,20-;11-,12-,13-,14+,15?,17-,18+/m111/s1. The summed E-state index contributed by atoms with van der Waals surface area (Å²) in [6.07, 6.45) is 15.6. The second-order valence-corrected chi connectivity index (χ2v) is 29.9. The van der Waals surface area contributed by atoms with Gasteiger partial charge in [0.1, 0.15) is 11.6 Å². The number of ether oxygens (including phenoxy) is 2. The van der Waals surface area contributed by atoms with Gasteiger partial charge in [0, 0.05) is 66.6 Å². The van der Waals surface area contributed by atoms with Gasteiger partial charge >= 0.3 is 0 Å². The molecular formula is C61H92F6O7. The van der Waals surface area contributed by atoms with Crippen molar-refractivity contribution in [3.8, 4) is 0 Å². The van der Waals surface area contributed by atoms with Gasteiger partial charge < -0.3 is 24.8 Å². The van der Waals surface area contributed by atoms with E-state index in [1.807, 2.05) is 6.92 Å². The van der Waals surface area contributed by atoms with Crippen molar-refractivity contribution < 1.29 is 60.7 Å². The maximum Gasteiger partial charge on any atom is 0.251 e. The molecule has 12 aliphatic carbocycles. The van der Waals surface area contributed by atoms with Crippen molar-refractivity contribution in [2.45, 2.75) is 243 Å². The molecular weight excluding hydrogens is 959 g/mol.